The lowest BCUT2D eigenvalue weighted by Gasteiger charge is -2.11. The molecule has 16 heavy (non-hydrogen) atoms. The Kier molecular flexibility index (Phi) is 4.77. The van der Waals surface area contributed by atoms with Crippen molar-refractivity contribution in [2.75, 3.05) is 5.32 Å². The molecule has 0 radical (unpaired) electrons. The fourth-order valence-corrected chi connectivity index (χ4v) is 1.53. The van der Waals surface area contributed by atoms with Crippen molar-refractivity contribution in [2.45, 2.75) is 32.7 Å². The molecular formula is C12H17ClN2O. The third kappa shape index (κ3) is 3.51. The fourth-order valence-electron chi connectivity index (χ4n) is 1.35. The maximum atomic E-state index is 11.6. The lowest BCUT2D eigenvalue weighted by molar-refractivity contribution is -0.117. The summed E-state index contributed by atoms with van der Waals surface area (Å²) in [5.41, 5.74) is 7.37. The minimum Gasteiger partial charge on any atom is -0.325 e. The van der Waals surface area contributed by atoms with E-state index in [1.165, 1.54) is 0 Å². The first-order chi connectivity index (χ1) is 7.54. The number of halogens is 1. The van der Waals surface area contributed by atoms with Crippen molar-refractivity contribution >= 4 is 23.2 Å². The van der Waals surface area contributed by atoms with Crippen molar-refractivity contribution in [2.24, 2.45) is 5.73 Å². The average Bonchev–Trinajstić information content (AvgIpc) is 2.24. The zero-order valence-electron chi connectivity index (χ0n) is 9.59. The van der Waals surface area contributed by atoms with Crippen molar-refractivity contribution < 1.29 is 4.79 Å². The van der Waals surface area contributed by atoms with Crippen LogP contribution in [0.4, 0.5) is 5.69 Å². The lowest BCUT2D eigenvalue weighted by atomic mass is 10.1. The van der Waals surface area contributed by atoms with E-state index in [0.29, 0.717) is 17.1 Å². The maximum Gasteiger partial charge on any atom is 0.241 e. The summed E-state index contributed by atoms with van der Waals surface area (Å²) < 4.78 is 0. The molecule has 0 fully saturated rings. The minimum absolute atomic E-state index is 0.165. The van der Waals surface area contributed by atoms with E-state index >= 15 is 0 Å². The van der Waals surface area contributed by atoms with Crippen molar-refractivity contribution in [3.8, 4) is 0 Å². The number of amides is 1. The van der Waals surface area contributed by atoms with Crippen LogP contribution in [0.1, 0.15) is 25.3 Å². The quantitative estimate of drug-likeness (QED) is 0.850. The largest absolute Gasteiger partial charge is 0.325 e. The van der Waals surface area contributed by atoms with Gasteiger partial charge in [0.25, 0.3) is 0 Å². The van der Waals surface area contributed by atoms with E-state index in [0.717, 1.165) is 12.0 Å². The minimum atomic E-state index is -0.454. The van der Waals surface area contributed by atoms with Gasteiger partial charge in [0.15, 0.2) is 0 Å². The summed E-state index contributed by atoms with van der Waals surface area (Å²) in [6.07, 6.45) is 1.58. The van der Waals surface area contributed by atoms with Crippen LogP contribution in [0.15, 0.2) is 18.2 Å². The topological polar surface area (TPSA) is 55.1 Å². The molecule has 4 heteroatoms. The molecular weight excluding hydrogens is 224 g/mol. The predicted octanol–water partition coefficient (Wildman–Crippen LogP) is 2.71. The number of aryl methyl sites for hydroxylation is 1. The molecule has 1 aromatic rings. The second-order valence-electron chi connectivity index (χ2n) is 3.85. The van der Waals surface area contributed by atoms with Gasteiger partial charge in [-0.1, -0.05) is 31.0 Å². The van der Waals surface area contributed by atoms with E-state index in [1.807, 2.05) is 26.0 Å². The maximum absolute atomic E-state index is 11.6. The Labute approximate surface area is 101 Å². The lowest BCUT2D eigenvalue weighted by Crippen LogP contribution is -2.35. The average molecular weight is 241 g/mol. The predicted molar refractivity (Wildman–Crippen MR) is 67.7 cm³/mol. The smallest absolute Gasteiger partial charge is 0.241 e. The third-order valence-electron chi connectivity index (χ3n) is 2.38. The molecule has 0 aliphatic rings. The van der Waals surface area contributed by atoms with Crippen LogP contribution in [0.25, 0.3) is 0 Å². The van der Waals surface area contributed by atoms with Gasteiger partial charge in [0.2, 0.25) is 5.91 Å². The Hall–Kier alpha value is -1.06. The molecule has 1 amide bonds. The number of benzene rings is 1. The number of anilines is 1. The molecule has 0 saturated carbocycles. The summed E-state index contributed by atoms with van der Waals surface area (Å²) in [4.78, 5) is 11.6. The molecule has 0 aliphatic heterocycles. The number of nitrogens with two attached hydrogens (primary N) is 1. The summed E-state index contributed by atoms with van der Waals surface area (Å²) >= 11 is 5.96. The standard InChI is InChI=1S/C12H17ClN2O/c1-3-4-11(14)12(16)15-9-6-5-8(2)10(13)7-9/h5-7,11H,3-4,14H2,1-2H3,(H,15,16). The van der Waals surface area contributed by atoms with Gasteiger partial charge in [-0.05, 0) is 31.0 Å². The summed E-state index contributed by atoms with van der Waals surface area (Å²) in [6.45, 7) is 3.91. The van der Waals surface area contributed by atoms with Crippen LogP contribution < -0.4 is 11.1 Å². The van der Waals surface area contributed by atoms with Crippen molar-refractivity contribution in [3.05, 3.63) is 28.8 Å². The summed E-state index contributed by atoms with van der Waals surface area (Å²) in [5, 5.41) is 3.39. The number of hydrogen-bond acceptors (Lipinski definition) is 2. The first kappa shape index (κ1) is 13.0. The Morgan fingerprint density at radius 2 is 2.25 bits per heavy atom. The van der Waals surface area contributed by atoms with Crippen LogP contribution in [0.2, 0.25) is 5.02 Å². The van der Waals surface area contributed by atoms with Gasteiger partial charge in [-0.25, -0.2) is 0 Å². The second-order valence-corrected chi connectivity index (χ2v) is 4.26. The molecule has 0 bridgehead atoms. The first-order valence-electron chi connectivity index (χ1n) is 5.37. The highest BCUT2D eigenvalue weighted by atomic mass is 35.5. The highest BCUT2D eigenvalue weighted by Gasteiger charge is 2.12. The van der Waals surface area contributed by atoms with Gasteiger partial charge in [-0.15, -0.1) is 0 Å². The van der Waals surface area contributed by atoms with Crippen LogP contribution in [0.5, 0.6) is 0 Å². The van der Waals surface area contributed by atoms with E-state index in [9.17, 15) is 4.79 Å². The molecule has 1 rings (SSSR count). The molecule has 1 unspecified atom stereocenters. The van der Waals surface area contributed by atoms with E-state index in [1.54, 1.807) is 6.07 Å². The van der Waals surface area contributed by atoms with Gasteiger partial charge in [0.1, 0.15) is 0 Å². The monoisotopic (exact) mass is 240 g/mol. The third-order valence-corrected chi connectivity index (χ3v) is 2.78. The van der Waals surface area contributed by atoms with E-state index < -0.39 is 6.04 Å². The number of carbonyl (C=O) groups is 1. The molecule has 3 N–H and O–H groups in total. The SMILES string of the molecule is CCCC(N)C(=O)Nc1ccc(C)c(Cl)c1. The molecule has 1 aromatic carbocycles. The van der Waals surface area contributed by atoms with Gasteiger partial charge in [-0.3, -0.25) is 4.79 Å². The zero-order valence-corrected chi connectivity index (χ0v) is 10.3. The highest BCUT2D eigenvalue weighted by molar-refractivity contribution is 6.31. The van der Waals surface area contributed by atoms with Gasteiger partial charge >= 0.3 is 0 Å². The Balaban J connectivity index is 2.66. The molecule has 0 aliphatic carbocycles. The van der Waals surface area contributed by atoms with Crippen LogP contribution in [-0.4, -0.2) is 11.9 Å². The van der Waals surface area contributed by atoms with Crippen LogP contribution in [0, 0.1) is 6.92 Å². The Morgan fingerprint density at radius 3 is 2.81 bits per heavy atom. The molecule has 0 saturated heterocycles. The fraction of sp³-hybridized carbons (Fsp3) is 0.417. The Bertz CT molecular complexity index is 379. The first-order valence-corrected chi connectivity index (χ1v) is 5.75. The van der Waals surface area contributed by atoms with E-state index in [-0.39, 0.29) is 5.91 Å². The second kappa shape index (κ2) is 5.87. The Morgan fingerprint density at radius 1 is 1.56 bits per heavy atom. The number of nitrogens with one attached hydrogen (secondary N) is 1. The van der Waals surface area contributed by atoms with Gasteiger partial charge in [0.05, 0.1) is 6.04 Å². The van der Waals surface area contributed by atoms with E-state index in [2.05, 4.69) is 5.32 Å². The van der Waals surface area contributed by atoms with Gasteiger partial charge in [-0.2, -0.15) is 0 Å². The molecule has 88 valence electrons. The van der Waals surface area contributed by atoms with Gasteiger partial charge < -0.3 is 11.1 Å². The highest BCUT2D eigenvalue weighted by Crippen LogP contribution is 2.20. The number of rotatable bonds is 4. The van der Waals surface area contributed by atoms with Crippen LogP contribution >= 0.6 is 11.6 Å². The molecule has 3 nitrogen and oxygen atoms in total. The molecule has 0 aromatic heterocycles. The zero-order chi connectivity index (χ0) is 12.1. The van der Waals surface area contributed by atoms with Crippen molar-refractivity contribution in [1.82, 2.24) is 0 Å². The summed E-state index contributed by atoms with van der Waals surface area (Å²) in [5.74, 6) is -0.165. The number of carbonyl (C=O) groups excluding carboxylic acids is 1. The van der Waals surface area contributed by atoms with Crippen molar-refractivity contribution in [1.29, 1.82) is 0 Å². The number of hydrogen-bond donors (Lipinski definition) is 2. The van der Waals surface area contributed by atoms with Gasteiger partial charge in [0, 0.05) is 10.7 Å². The van der Waals surface area contributed by atoms with Crippen LogP contribution in [-0.2, 0) is 4.79 Å². The van der Waals surface area contributed by atoms with Crippen molar-refractivity contribution in [3.63, 3.8) is 0 Å². The molecule has 1 atom stereocenters. The summed E-state index contributed by atoms with van der Waals surface area (Å²) in [7, 11) is 0. The van der Waals surface area contributed by atoms with Crippen LogP contribution in [0.3, 0.4) is 0 Å². The normalized spacial score (nSPS) is 12.2. The summed E-state index contributed by atoms with van der Waals surface area (Å²) in [6, 6.07) is 4.96. The molecule has 0 spiro atoms. The van der Waals surface area contributed by atoms with E-state index in [4.69, 9.17) is 17.3 Å². The molecule has 0 heterocycles.